The van der Waals surface area contributed by atoms with Crippen molar-refractivity contribution in [2.45, 2.75) is 31.9 Å². The van der Waals surface area contributed by atoms with E-state index in [1.165, 1.54) is 12.4 Å². The smallest absolute Gasteiger partial charge is 0.217 e. The van der Waals surface area contributed by atoms with Crippen molar-refractivity contribution in [2.24, 2.45) is 12.8 Å². The van der Waals surface area contributed by atoms with Crippen LogP contribution in [0.3, 0.4) is 0 Å². The highest BCUT2D eigenvalue weighted by atomic mass is 19.1. The zero-order valence-corrected chi connectivity index (χ0v) is 17.2. The van der Waals surface area contributed by atoms with Gasteiger partial charge >= 0.3 is 0 Å². The molecule has 158 valence electrons. The molecule has 1 aliphatic rings. The van der Waals surface area contributed by atoms with Gasteiger partial charge in [0.2, 0.25) is 5.88 Å². The number of hydrogen-bond donors (Lipinski definition) is 1. The Kier molecular flexibility index (Phi) is 6.06. The molecule has 30 heavy (non-hydrogen) atoms. The number of benzene rings is 1. The maximum Gasteiger partial charge on any atom is 0.217 e. The summed E-state index contributed by atoms with van der Waals surface area (Å²) in [6.45, 7) is 3.41. The SMILES string of the molecule is Cc1ccc(-c2ncc([C@H](F)CN)cn2)c(Oc2cc(C3CCOCC3)nn2C)c1. The molecule has 0 radical (unpaired) electrons. The molecule has 2 aromatic heterocycles. The van der Waals surface area contributed by atoms with Crippen LogP contribution < -0.4 is 10.5 Å². The molecule has 7 nitrogen and oxygen atoms in total. The lowest BCUT2D eigenvalue weighted by Gasteiger charge is -2.19. The first-order chi connectivity index (χ1) is 14.5. The average molecular weight is 411 g/mol. The number of aromatic nitrogens is 4. The van der Waals surface area contributed by atoms with Crippen LogP contribution in [0.4, 0.5) is 4.39 Å². The molecular weight excluding hydrogens is 385 g/mol. The van der Waals surface area contributed by atoms with Crippen LogP contribution in [0.5, 0.6) is 11.6 Å². The fourth-order valence-electron chi connectivity index (χ4n) is 3.55. The van der Waals surface area contributed by atoms with Gasteiger partial charge in [0.15, 0.2) is 5.82 Å². The molecule has 4 rings (SSSR count). The molecule has 0 bridgehead atoms. The molecule has 1 saturated heterocycles. The van der Waals surface area contributed by atoms with E-state index in [4.69, 9.17) is 15.2 Å². The molecule has 8 heteroatoms. The van der Waals surface area contributed by atoms with E-state index in [9.17, 15) is 4.39 Å². The Morgan fingerprint density at radius 2 is 1.97 bits per heavy atom. The summed E-state index contributed by atoms with van der Waals surface area (Å²) in [5, 5.41) is 4.65. The number of alkyl halides is 1. The third-order valence-corrected chi connectivity index (χ3v) is 5.33. The molecule has 1 aromatic carbocycles. The van der Waals surface area contributed by atoms with Gasteiger partial charge in [0.05, 0.1) is 11.3 Å². The Balaban J connectivity index is 1.62. The van der Waals surface area contributed by atoms with E-state index < -0.39 is 6.17 Å². The second-order valence-electron chi connectivity index (χ2n) is 7.56. The Labute approximate surface area is 175 Å². The summed E-state index contributed by atoms with van der Waals surface area (Å²) in [7, 11) is 1.87. The van der Waals surface area contributed by atoms with Crippen LogP contribution in [0.25, 0.3) is 11.4 Å². The van der Waals surface area contributed by atoms with E-state index in [2.05, 4.69) is 15.1 Å². The molecule has 2 N–H and O–H groups in total. The van der Waals surface area contributed by atoms with E-state index in [-0.39, 0.29) is 6.54 Å². The zero-order chi connectivity index (χ0) is 21.1. The van der Waals surface area contributed by atoms with E-state index in [1.807, 2.05) is 38.2 Å². The quantitative estimate of drug-likeness (QED) is 0.663. The average Bonchev–Trinajstić information content (AvgIpc) is 3.14. The molecule has 3 heterocycles. The Morgan fingerprint density at radius 3 is 2.67 bits per heavy atom. The van der Waals surface area contributed by atoms with Crippen LogP contribution in [0, 0.1) is 6.92 Å². The summed E-state index contributed by atoms with van der Waals surface area (Å²) < 4.78 is 27.2. The fraction of sp³-hybridized carbons (Fsp3) is 0.409. The second kappa shape index (κ2) is 8.89. The van der Waals surface area contributed by atoms with Crippen molar-refractivity contribution in [3.8, 4) is 23.0 Å². The first kappa shape index (κ1) is 20.4. The van der Waals surface area contributed by atoms with Crippen molar-refractivity contribution in [2.75, 3.05) is 19.8 Å². The van der Waals surface area contributed by atoms with Crippen LogP contribution in [0.15, 0.2) is 36.7 Å². The standard InChI is InChI=1S/C22H26FN5O2/c1-14-3-4-17(22-25-12-16(13-26-22)18(23)11-24)20(9-14)30-21-10-19(27-28(21)2)15-5-7-29-8-6-15/h3-4,9-10,12-13,15,18H,5-8,11,24H2,1-2H3/t18-/m1/s1. The first-order valence-electron chi connectivity index (χ1n) is 10.1. The number of nitrogens with zero attached hydrogens (tertiary/aromatic N) is 4. The molecule has 0 amide bonds. The van der Waals surface area contributed by atoms with Gasteiger partial charge in [-0.1, -0.05) is 6.07 Å². The second-order valence-corrected chi connectivity index (χ2v) is 7.56. The molecule has 3 aromatic rings. The van der Waals surface area contributed by atoms with Crippen molar-refractivity contribution < 1.29 is 13.9 Å². The predicted octanol–water partition coefficient (Wildman–Crippen LogP) is 3.84. The Morgan fingerprint density at radius 1 is 1.23 bits per heavy atom. The van der Waals surface area contributed by atoms with Crippen molar-refractivity contribution in [1.82, 2.24) is 19.7 Å². The summed E-state index contributed by atoms with van der Waals surface area (Å²) >= 11 is 0. The van der Waals surface area contributed by atoms with Crippen LogP contribution in [0.1, 0.15) is 41.8 Å². The molecule has 1 atom stereocenters. The van der Waals surface area contributed by atoms with Crippen molar-refractivity contribution >= 4 is 0 Å². The number of nitrogens with two attached hydrogens (primary N) is 1. The number of halogens is 1. The van der Waals surface area contributed by atoms with E-state index in [1.54, 1.807) is 4.68 Å². The van der Waals surface area contributed by atoms with Crippen LogP contribution in [0.2, 0.25) is 0 Å². The molecule has 0 unspecified atom stereocenters. The number of ether oxygens (including phenoxy) is 2. The van der Waals surface area contributed by atoms with Gasteiger partial charge in [-0.25, -0.2) is 19.0 Å². The van der Waals surface area contributed by atoms with Crippen molar-refractivity contribution in [3.05, 3.63) is 53.5 Å². The molecule has 1 aliphatic heterocycles. The largest absolute Gasteiger partial charge is 0.439 e. The molecule has 0 aliphatic carbocycles. The van der Waals surface area contributed by atoms with Gasteiger partial charge in [-0.05, 0) is 37.5 Å². The van der Waals surface area contributed by atoms with Crippen molar-refractivity contribution in [1.29, 1.82) is 0 Å². The fourth-order valence-corrected chi connectivity index (χ4v) is 3.55. The number of aryl methyl sites for hydroxylation is 2. The molecule has 0 saturated carbocycles. The summed E-state index contributed by atoms with van der Waals surface area (Å²) in [6, 6.07) is 7.80. The number of rotatable bonds is 6. The van der Waals surface area contributed by atoms with Gasteiger partial charge in [-0.2, -0.15) is 5.10 Å². The van der Waals surface area contributed by atoms with Gasteiger partial charge in [0, 0.05) is 56.7 Å². The normalized spacial score (nSPS) is 15.9. The first-order valence-corrected chi connectivity index (χ1v) is 10.1. The highest BCUT2D eigenvalue weighted by molar-refractivity contribution is 5.65. The summed E-state index contributed by atoms with van der Waals surface area (Å²) in [5.41, 5.74) is 8.54. The van der Waals surface area contributed by atoms with Gasteiger partial charge in [-0.3, -0.25) is 0 Å². The van der Waals surface area contributed by atoms with Crippen molar-refractivity contribution in [3.63, 3.8) is 0 Å². The molecule has 0 spiro atoms. The third kappa shape index (κ3) is 4.34. The van der Waals surface area contributed by atoms with Gasteiger partial charge in [-0.15, -0.1) is 0 Å². The number of hydrogen-bond acceptors (Lipinski definition) is 6. The summed E-state index contributed by atoms with van der Waals surface area (Å²) in [5.74, 6) is 2.11. The predicted molar refractivity (Wildman–Crippen MR) is 111 cm³/mol. The maximum atomic E-state index is 13.8. The van der Waals surface area contributed by atoms with Crippen LogP contribution >= 0.6 is 0 Å². The Hall–Kier alpha value is -2.84. The minimum Gasteiger partial charge on any atom is -0.439 e. The lowest BCUT2D eigenvalue weighted by molar-refractivity contribution is 0.0844. The van der Waals surface area contributed by atoms with E-state index in [0.29, 0.717) is 28.9 Å². The highest BCUT2D eigenvalue weighted by Crippen LogP contribution is 2.35. The van der Waals surface area contributed by atoms with Gasteiger partial charge in [0.25, 0.3) is 0 Å². The van der Waals surface area contributed by atoms with E-state index in [0.717, 1.165) is 42.9 Å². The van der Waals surface area contributed by atoms with Crippen LogP contribution in [-0.2, 0) is 11.8 Å². The topological polar surface area (TPSA) is 88.1 Å². The monoisotopic (exact) mass is 411 g/mol. The highest BCUT2D eigenvalue weighted by Gasteiger charge is 2.21. The minimum absolute atomic E-state index is 0.0997. The molecule has 1 fully saturated rings. The summed E-state index contributed by atoms with van der Waals surface area (Å²) in [4.78, 5) is 8.66. The zero-order valence-electron chi connectivity index (χ0n) is 17.2. The summed E-state index contributed by atoms with van der Waals surface area (Å²) in [6.07, 6.45) is 3.59. The maximum absolute atomic E-state index is 13.8. The lowest BCUT2D eigenvalue weighted by atomic mass is 9.97. The van der Waals surface area contributed by atoms with Gasteiger partial charge < -0.3 is 15.2 Å². The lowest BCUT2D eigenvalue weighted by Crippen LogP contribution is -2.14. The Bertz CT molecular complexity index is 999. The third-order valence-electron chi connectivity index (χ3n) is 5.33. The van der Waals surface area contributed by atoms with Gasteiger partial charge in [0.1, 0.15) is 11.9 Å². The minimum atomic E-state index is -1.27. The molecular formula is C22H26FN5O2. The van der Waals surface area contributed by atoms with E-state index >= 15 is 0 Å². The van der Waals surface area contributed by atoms with Crippen LogP contribution in [-0.4, -0.2) is 39.5 Å².